The molecular formula is C19H20N3O3S+. The van der Waals surface area contributed by atoms with Gasteiger partial charge in [-0.3, -0.25) is 19.3 Å². The highest BCUT2D eigenvalue weighted by atomic mass is 32.1. The van der Waals surface area contributed by atoms with Crippen LogP contribution in [0.2, 0.25) is 0 Å². The van der Waals surface area contributed by atoms with Gasteiger partial charge in [0.25, 0.3) is 11.8 Å². The van der Waals surface area contributed by atoms with Gasteiger partial charge < -0.3 is 9.80 Å². The smallest absolute Gasteiger partial charge is 0.262 e. The average Bonchev–Trinajstić information content (AvgIpc) is 3.25. The number of nitrogens with zero attached hydrogens (tertiary/aromatic N) is 2. The molecule has 0 saturated carbocycles. The van der Waals surface area contributed by atoms with Crippen LogP contribution in [-0.2, 0) is 11.3 Å². The number of amides is 3. The summed E-state index contributed by atoms with van der Waals surface area (Å²) in [6.07, 6.45) is 0. The fourth-order valence-electron chi connectivity index (χ4n) is 3.55. The second-order valence-corrected chi connectivity index (χ2v) is 7.46. The number of fused-ring (bicyclic) bond motifs is 1. The van der Waals surface area contributed by atoms with Gasteiger partial charge in [-0.15, -0.1) is 0 Å². The first-order valence-corrected chi connectivity index (χ1v) is 9.65. The minimum atomic E-state index is -0.374. The van der Waals surface area contributed by atoms with Crippen LogP contribution in [-0.4, -0.2) is 60.2 Å². The Bertz CT molecular complexity index is 806. The maximum Gasteiger partial charge on any atom is 0.262 e. The predicted octanol–water partition coefficient (Wildman–Crippen LogP) is 0.271. The number of piperazine rings is 1. The van der Waals surface area contributed by atoms with Gasteiger partial charge in [-0.05, 0) is 29.0 Å². The van der Waals surface area contributed by atoms with E-state index in [-0.39, 0.29) is 24.3 Å². The third-order valence-electron chi connectivity index (χ3n) is 5.03. The molecular weight excluding hydrogens is 350 g/mol. The first-order valence-electron chi connectivity index (χ1n) is 8.71. The average molecular weight is 370 g/mol. The molecule has 134 valence electrons. The lowest BCUT2D eigenvalue weighted by atomic mass is 10.1. The summed E-state index contributed by atoms with van der Waals surface area (Å²) in [6, 6.07) is 8.85. The summed E-state index contributed by atoms with van der Waals surface area (Å²) < 4.78 is 0. The molecule has 2 aromatic rings. The number of quaternary nitrogens is 1. The molecule has 6 nitrogen and oxygen atoms in total. The number of rotatable bonds is 4. The minimum Gasteiger partial charge on any atom is -0.330 e. The third-order valence-corrected chi connectivity index (χ3v) is 5.76. The quantitative estimate of drug-likeness (QED) is 0.786. The molecule has 0 atom stereocenters. The molecule has 1 aromatic heterocycles. The number of nitrogens with one attached hydrogen (secondary N) is 1. The van der Waals surface area contributed by atoms with E-state index in [9.17, 15) is 14.4 Å². The first-order chi connectivity index (χ1) is 12.6. The molecule has 0 radical (unpaired) electrons. The van der Waals surface area contributed by atoms with Crippen LogP contribution in [0.5, 0.6) is 0 Å². The molecule has 0 bridgehead atoms. The van der Waals surface area contributed by atoms with Gasteiger partial charge in [0.05, 0.1) is 37.3 Å². The Kier molecular flexibility index (Phi) is 4.57. The molecule has 0 spiro atoms. The van der Waals surface area contributed by atoms with E-state index < -0.39 is 0 Å². The van der Waals surface area contributed by atoms with Crippen molar-refractivity contribution in [2.45, 2.75) is 6.54 Å². The van der Waals surface area contributed by atoms with Crippen LogP contribution < -0.4 is 4.90 Å². The normalized spacial score (nSPS) is 17.7. The Hall–Kier alpha value is -2.51. The molecule has 1 fully saturated rings. The van der Waals surface area contributed by atoms with Crippen molar-refractivity contribution in [1.29, 1.82) is 0 Å². The van der Waals surface area contributed by atoms with Crippen molar-refractivity contribution in [2.75, 3.05) is 32.7 Å². The molecule has 1 aromatic carbocycles. The van der Waals surface area contributed by atoms with Crippen molar-refractivity contribution < 1.29 is 19.3 Å². The van der Waals surface area contributed by atoms with E-state index in [4.69, 9.17) is 0 Å². The van der Waals surface area contributed by atoms with E-state index in [1.54, 1.807) is 40.5 Å². The molecule has 0 unspecified atom stereocenters. The molecule has 1 saturated heterocycles. The highest BCUT2D eigenvalue weighted by Crippen LogP contribution is 2.22. The van der Waals surface area contributed by atoms with E-state index in [0.29, 0.717) is 24.2 Å². The molecule has 1 N–H and O–H groups in total. The van der Waals surface area contributed by atoms with Crippen LogP contribution in [0.25, 0.3) is 0 Å². The van der Waals surface area contributed by atoms with Crippen molar-refractivity contribution in [3.05, 3.63) is 57.8 Å². The van der Waals surface area contributed by atoms with E-state index in [1.165, 1.54) is 10.5 Å². The van der Waals surface area contributed by atoms with Gasteiger partial charge in [0.1, 0.15) is 13.1 Å². The predicted molar refractivity (Wildman–Crippen MR) is 97.1 cm³/mol. The zero-order chi connectivity index (χ0) is 18.1. The zero-order valence-electron chi connectivity index (χ0n) is 14.3. The lowest BCUT2D eigenvalue weighted by molar-refractivity contribution is -0.917. The van der Waals surface area contributed by atoms with Gasteiger partial charge in [-0.2, -0.15) is 11.3 Å². The van der Waals surface area contributed by atoms with Crippen molar-refractivity contribution >= 4 is 29.1 Å². The molecule has 2 aliphatic rings. The van der Waals surface area contributed by atoms with E-state index in [2.05, 4.69) is 16.8 Å². The highest BCUT2D eigenvalue weighted by molar-refractivity contribution is 7.07. The van der Waals surface area contributed by atoms with Gasteiger partial charge in [0.15, 0.2) is 0 Å². The largest absolute Gasteiger partial charge is 0.330 e. The van der Waals surface area contributed by atoms with Crippen molar-refractivity contribution in [1.82, 2.24) is 9.80 Å². The fraction of sp³-hybridized carbons (Fsp3) is 0.316. The number of benzene rings is 1. The molecule has 26 heavy (non-hydrogen) atoms. The number of thiophene rings is 1. The Morgan fingerprint density at radius 1 is 1.04 bits per heavy atom. The van der Waals surface area contributed by atoms with Crippen LogP contribution in [0.4, 0.5) is 0 Å². The van der Waals surface area contributed by atoms with E-state index >= 15 is 0 Å². The maximum absolute atomic E-state index is 12.6. The molecule has 3 amide bonds. The lowest BCUT2D eigenvalue weighted by Gasteiger charge is -2.32. The monoisotopic (exact) mass is 370 g/mol. The number of carbonyl (C=O) groups excluding carboxylic acids is 3. The highest BCUT2D eigenvalue weighted by Gasteiger charge is 2.37. The summed E-state index contributed by atoms with van der Waals surface area (Å²) in [5.74, 6) is -0.907. The summed E-state index contributed by atoms with van der Waals surface area (Å²) in [4.78, 5) is 41.6. The summed E-state index contributed by atoms with van der Waals surface area (Å²) in [6.45, 7) is 3.87. The third kappa shape index (κ3) is 3.15. The summed E-state index contributed by atoms with van der Waals surface area (Å²) >= 11 is 1.70. The van der Waals surface area contributed by atoms with Crippen LogP contribution >= 0.6 is 11.3 Å². The van der Waals surface area contributed by atoms with Gasteiger partial charge >= 0.3 is 0 Å². The van der Waals surface area contributed by atoms with Crippen molar-refractivity contribution in [2.24, 2.45) is 0 Å². The second-order valence-electron chi connectivity index (χ2n) is 6.68. The second kappa shape index (κ2) is 7.01. The Balaban J connectivity index is 1.34. The number of carbonyl (C=O) groups is 3. The topological polar surface area (TPSA) is 62.1 Å². The van der Waals surface area contributed by atoms with E-state index in [1.807, 2.05) is 0 Å². The summed E-state index contributed by atoms with van der Waals surface area (Å²) in [5, 5.41) is 4.24. The standard InChI is InChI=1S/C19H19N3O3S/c23-17(12-22-18(24)15-3-1-2-4-16(15)19(22)25)21-8-6-20(7-9-21)11-14-5-10-26-13-14/h1-5,10,13H,6-9,11-12H2/p+1. The fourth-order valence-corrected chi connectivity index (χ4v) is 4.22. The van der Waals surface area contributed by atoms with E-state index in [0.717, 1.165) is 24.5 Å². The van der Waals surface area contributed by atoms with Crippen LogP contribution in [0, 0.1) is 0 Å². The number of hydrogen-bond acceptors (Lipinski definition) is 4. The Morgan fingerprint density at radius 3 is 2.27 bits per heavy atom. The van der Waals surface area contributed by atoms with Crippen LogP contribution in [0.3, 0.4) is 0 Å². The molecule has 2 aliphatic heterocycles. The molecule has 7 heteroatoms. The molecule has 0 aliphatic carbocycles. The van der Waals surface area contributed by atoms with Crippen molar-refractivity contribution in [3.63, 3.8) is 0 Å². The minimum absolute atomic E-state index is 0.158. The zero-order valence-corrected chi connectivity index (χ0v) is 15.1. The SMILES string of the molecule is O=C(CN1C(=O)c2ccccc2C1=O)N1CC[NH+](Cc2ccsc2)CC1. The number of imide groups is 1. The van der Waals surface area contributed by atoms with Crippen molar-refractivity contribution in [3.8, 4) is 0 Å². The van der Waals surface area contributed by atoms with Gasteiger partial charge in [-0.25, -0.2) is 0 Å². The maximum atomic E-state index is 12.6. The molecule has 3 heterocycles. The lowest BCUT2D eigenvalue weighted by Crippen LogP contribution is -3.13. The number of hydrogen-bond donors (Lipinski definition) is 1. The van der Waals surface area contributed by atoms with Gasteiger partial charge in [0, 0.05) is 5.56 Å². The summed E-state index contributed by atoms with van der Waals surface area (Å²) in [7, 11) is 0. The Labute approximate surface area is 155 Å². The van der Waals surface area contributed by atoms with Gasteiger partial charge in [-0.1, -0.05) is 12.1 Å². The van der Waals surface area contributed by atoms with Crippen LogP contribution in [0.15, 0.2) is 41.1 Å². The van der Waals surface area contributed by atoms with Crippen LogP contribution in [0.1, 0.15) is 26.3 Å². The summed E-state index contributed by atoms with van der Waals surface area (Å²) in [5.41, 5.74) is 2.10. The first kappa shape index (κ1) is 16.9. The van der Waals surface area contributed by atoms with Gasteiger partial charge in [0.2, 0.25) is 5.91 Å². The Morgan fingerprint density at radius 2 is 1.69 bits per heavy atom. The molecule has 4 rings (SSSR count).